The van der Waals surface area contributed by atoms with Crippen LogP contribution < -0.4 is 11.1 Å². The molecule has 5 nitrogen and oxygen atoms in total. The molecule has 2 fully saturated rings. The largest absolute Gasteiger partial charge is 0.353 e. The number of carbonyl (C=O) groups excluding carboxylic acids is 1. The van der Waals surface area contributed by atoms with Crippen LogP contribution in [0.5, 0.6) is 0 Å². The number of piperidine rings is 1. The molecule has 2 aliphatic carbocycles. The first kappa shape index (κ1) is 20.1. The van der Waals surface area contributed by atoms with Crippen LogP contribution in [0.1, 0.15) is 69.0 Å². The molecule has 30 heavy (non-hydrogen) atoms. The van der Waals surface area contributed by atoms with Gasteiger partial charge in [0.25, 0.3) is 0 Å². The number of nitrogens with one attached hydrogen (secondary N) is 1. The molecule has 3 atom stereocenters. The highest BCUT2D eigenvalue weighted by Gasteiger charge is 2.42. The number of hydrogen-bond donors (Lipinski definition) is 2. The van der Waals surface area contributed by atoms with Gasteiger partial charge in [-0.3, -0.25) is 4.79 Å². The summed E-state index contributed by atoms with van der Waals surface area (Å²) in [6.45, 7) is 5.37. The maximum absolute atomic E-state index is 13.2. The average molecular weight is 409 g/mol. The van der Waals surface area contributed by atoms with Gasteiger partial charge in [-0.2, -0.15) is 0 Å². The Kier molecular flexibility index (Phi) is 5.14. The lowest BCUT2D eigenvalue weighted by molar-refractivity contribution is -0.128. The maximum Gasteiger partial charge on any atom is 0.224 e. The standard InChI is InChI=1S/C25H36N4O/c1-15(2)29-14-16-12-23-21(20-5-4-6-22(29)24(16)20)11-17(13-28(23)3)25(30)27-19-9-7-18(26)8-10-19/h4-6,14-15,17-19,21,23H,7-13,26H2,1-3H3,(H,27,30)/t17-,18-,19-,21-,23-/m1/s1. The highest BCUT2D eigenvalue weighted by atomic mass is 16.2. The first-order valence-electron chi connectivity index (χ1n) is 11.8. The second kappa shape index (κ2) is 7.69. The predicted molar refractivity (Wildman–Crippen MR) is 122 cm³/mol. The fraction of sp³-hybridized carbons (Fsp3) is 0.640. The van der Waals surface area contributed by atoms with Gasteiger partial charge in [-0.15, -0.1) is 0 Å². The van der Waals surface area contributed by atoms with Crippen LogP contribution in [0.15, 0.2) is 24.4 Å². The number of likely N-dealkylation sites (N-methyl/N-ethyl adjacent to an activating group) is 1. The minimum atomic E-state index is 0.0656. The van der Waals surface area contributed by atoms with E-state index in [-0.39, 0.29) is 11.8 Å². The molecule has 162 valence electrons. The molecule has 1 aliphatic heterocycles. The van der Waals surface area contributed by atoms with Crippen LogP contribution >= 0.6 is 0 Å². The van der Waals surface area contributed by atoms with Gasteiger partial charge in [0, 0.05) is 53.7 Å². The highest BCUT2D eigenvalue weighted by molar-refractivity contribution is 5.89. The summed E-state index contributed by atoms with van der Waals surface area (Å²) in [5.41, 5.74) is 10.3. The number of amides is 1. The molecule has 2 aromatic rings. The topological polar surface area (TPSA) is 63.3 Å². The van der Waals surface area contributed by atoms with E-state index >= 15 is 0 Å². The Bertz CT molecular complexity index is 940. The zero-order valence-electron chi connectivity index (χ0n) is 18.6. The van der Waals surface area contributed by atoms with Gasteiger partial charge in [0.1, 0.15) is 0 Å². The number of carbonyl (C=O) groups is 1. The van der Waals surface area contributed by atoms with Crippen molar-refractivity contribution in [2.75, 3.05) is 13.6 Å². The van der Waals surface area contributed by atoms with Gasteiger partial charge in [-0.25, -0.2) is 0 Å². The van der Waals surface area contributed by atoms with Gasteiger partial charge in [-0.1, -0.05) is 12.1 Å². The summed E-state index contributed by atoms with van der Waals surface area (Å²) >= 11 is 0. The van der Waals surface area contributed by atoms with Gasteiger partial charge in [-0.05, 0) is 76.6 Å². The van der Waals surface area contributed by atoms with Crippen LogP contribution in [-0.4, -0.2) is 47.1 Å². The van der Waals surface area contributed by atoms with E-state index in [0.717, 1.165) is 45.1 Å². The lowest BCUT2D eigenvalue weighted by atomic mass is 9.72. The molecule has 0 radical (unpaired) electrons. The molecule has 1 aromatic carbocycles. The molecule has 3 N–H and O–H groups in total. The Morgan fingerprint density at radius 1 is 1.20 bits per heavy atom. The molecule has 3 aliphatic rings. The lowest BCUT2D eigenvalue weighted by Gasteiger charge is -2.45. The van der Waals surface area contributed by atoms with Crippen LogP contribution in [0.25, 0.3) is 10.9 Å². The first-order chi connectivity index (χ1) is 14.4. The summed E-state index contributed by atoms with van der Waals surface area (Å²) in [7, 11) is 2.21. The number of fused-ring (bicyclic) bond motifs is 2. The van der Waals surface area contributed by atoms with Gasteiger partial charge in [0.2, 0.25) is 5.91 Å². The van der Waals surface area contributed by atoms with E-state index in [2.05, 4.69) is 60.1 Å². The Morgan fingerprint density at radius 3 is 2.70 bits per heavy atom. The van der Waals surface area contributed by atoms with Gasteiger partial charge in [0.15, 0.2) is 0 Å². The number of nitrogens with two attached hydrogens (primary N) is 1. The number of aromatic nitrogens is 1. The van der Waals surface area contributed by atoms with Crippen LogP contribution in [0.3, 0.4) is 0 Å². The number of benzene rings is 1. The smallest absolute Gasteiger partial charge is 0.224 e. The minimum absolute atomic E-state index is 0.0656. The summed E-state index contributed by atoms with van der Waals surface area (Å²) in [6, 6.07) is 8.34. The average Bonchev–Trinajstić information content (AvgIpc) is 3.10. The number of nitrogens with zero attached hydrogens (tertiary/aromatic N) is 2. The third kappa shape index (κ3) is 3.36. The maximum atomic E-state index is 13.2. The normalized spacial score (nSPS) is 31.7. The molecule has 5 rings (SSSR count). The van der Waals surface area contributed by atoms with E-state index in [9.17, 15) is 4.79 Å². The van der Waals surface area contributed by atoms with Crippen molar-refractivity contribution in [2.45, 2.75) is 82.5 Å². The summed E-state index contributed by atoms with van der Waals surface area (Å²) < 4.78 is 2.42. The molecule has 1 amide bonds. The number of likely N-dealkylation sites (tertiary alicyclic amines) is 1. The van der Waals surface area contributed by atoms with Crippen molar-refractivity contribution in [3.05, 3.63) is 35.5 Å². The van der Waals surface area contributed by atoms with Crippen LogP contribution in [-0.2, 0) is 11.2 Å². The Morgan fingerprint density at radius 2 is 1.97 bits per heavy atom. The highest BCUT2D eigenvalue weighted by Crippen LogP contribution is 2.45. The van der Waals surface area contributed by atoms with Gasteiger partial charge in [0.05, 0.1) is 5.92 Å². The Balaban J connectivity index is 1.40. The lowest BCUT2D eigenvalue weighted by Crippen LogP contribution is -2.52. The molecule has 2 heterocycles. The van der Waals surface area contributed by atoms with E-state index in [1.165, 1.54) is 22.0 Å². The van der Waals surface area contributed by atoms with Crippen molar-refractivity contribution in [3.63, 3.8) is 0 Å². The second-order valence-electron chi connectivity index (χ2n) is 10.3. The molecule has 1 saturated heterocycles. The van der Waals surface area contributed by atoms with Crippen molar-refractivity contribution in [1.82, 2.24) is 14.8 Å². The summed E-state index contributed by atoms with van der Waals surface area (Å²) in [6.07, 6.45) is 8.51. The Labute approximate surface area is 180 Å². The molecule has 5 heteroatoms. The summed E-state index contributed by atoms with van der Waals surface area (Å²) in [5.74, 6) is 0.743. The summed E-state index contributed by atoms with van der Waals surface area (Å²) in [4.78, 5) is 15.6. The van der Waals surface area contributed by atoms with E-state index < -0.39 is 0 Å². The monoisotopic (exact) mass is 408 g/mol. The van der Waals surface area contributed by atoms with Crippen LogP contribution in [0.4, 0.5) is 0 Å². The van der Waals surface area contributed by atoms with Gasteiger partial charge >= 0.3 is 0 Å². The quantitative estimate of drug-likeness (QED) is 0.816. The van der Waals surface area contributed by atoms with Crippen LogP contribution in [0, 0.1) is 5.92 Å². The zero-order chi connectivity index (χ0) is 21.0. The molecular formula is C25H36N4O. The minimum Gasteiger partial charge on any atom is -0.353 e. The third-order valence-electron chi connectivity index (χ3n) is 7.92. The van der Waals surface area contributed by atoms with Crippen molar-refractivity contribution in [1.29, 1.82) is 0 Å². The SMILES string of the molecule is CC(C)n1cc2c3c(cccc31)[C@H]1C[C@@H](C(=O)N[C@H]3CC[C@H](N)CC3)CN(C)[C@@H]1C2. The molecule has 0 unspecified atom stereocenters. The molecule has 1 aromatic heterocycles. The molecule has 0 spiro atoms. The number of rotatable bonds is 3. The van der Waals surface area contributed by atoms with E-state index in [4.69, 9.17) is 5.73 Å². The number of hydrogen-bond acceptors (Lipinski definition) is 3. The van der Waals surface area contributed by atoms with Crippen molar-refractivity contribution in [3.8, 4) is 0 Å². The second-order valence-corrected chi connectivity index (χ2v) is 10.3. The molecule has 1 saturated carbocycles. The molecular weight excluding hydrogens is 372 g/mol. The zero-order valence-corrected chi connectivity index (χ0v) is 18.6. The van der Waals surface area contributed by atoms with Crippen molar-refractivity contribution < 1.29 is 4.79 Å². The van der Waals surface area contributed by atoms with Crippen molar-refractivity contribution in [2.24, 2.45) is 11.7 Å². The van der Waals surface area contributed by atoms with Gasteiger partial charge < -0.3 is 20.5 Å². The molecule has 0 bridgehead atoms. The van der Waals surface area contributed by atoms with E-state index in [0.29, 0.717) is 30.1 Å². The van der Waals surface area contributed by atoms with E-state index in [1.807, 2.05) is 0 Å². The summed E-state index contributed by atoms with van der Waals surface area (Å²) in [5, 5.41) is 4.81. The van der Waals surface area contributed by atoms with E-state index in [1.54, 1.807) is 0 Å². The Hall–Kier alpha value is -1.85. The van der Waals surface area contributed by atoms with Crippen molar-refractivity contribution >= 4 is 16.8 Å². The van der Waals surface area contributed by atoms with Crippen LogP contribution in [0.2, 0.25) is 0 Å². The fourth-order valence-corrected chi connectivity index (χ4v) is 6.27. The third-order valence-corrected chi connectivity index (χ3v) is 7.92. The first-order valence-corrected chi connectivity index (χ1v) is 11.8. The predicted octanol–water partition coefficient (Wildman–Crippen LogP) is 3.57. The fourth-order valence-electron chi connectivity index (χ4n) is 6.27.